The van der Waals surface area contributed by atoms with Gasteiger partial charge in [-0.25, -0.2) is 13.2 Å². The molecule has 16 heteroatoms. The van der Waals surface area contributed by atoms with E-state index in [1.807, 2.05) is 0 Å². The molecule has 0 radical (unpaired) electrons. The Labute approximate surface area is 222 Å². The number of anilines is 2. The molecule has 2 atom stereocenters. The molecule has 2 aromatic rings. The van der Waals surface area contributed by atoms with Gasteiger partial charge in [0.05, 0.1) is 31.0 Å². The Morgan fingerprint density at radius 1 is 1.31 bits per heavy atom. The van der Waals surface area contributed by atoms with Gasteiger partial charge in [0.2, 0.25) is 5.60 Å². The van der Waals surface area contributed by atoms with E-state index in [1.54, 1.807) is 0 Å². The number of alkyl halides is 3. The number of nitrogens with one attached hydrogen (secondary N) is 1. The summed E-state index contributed by atoms with van der Waals surface area (Å²) in [5.74, 6) is -2.08. The van der Waals surface area contributed by atoms with Crippen molar-refractivity contribution in [1.82, 2.24) is 9.78 Å². The maximum atomic E-state index is 13.9. The minimum Gasteiger partial charge on any atom is -0.486 e. The number of halogens is 3. The SMILES string of the molecule is COc1nn(C)c(C)c1S(=O)(=O)N1C[C@H](C[C@@H](C)C(=O)O)Oc2ccc(NC(=O)OC(C)(C)C(F)(F)F)cc21. The van der Waals surface area contributed by atoms with Crippen molar-refractivity contribution in [3.63, 3.8) is 0 Å². The number of methoxy groups -OCH3 is 1. The van der Waals surface area contributed by atoms with Gasteiger partial charge >= 0.3 is 18.2 Å². The van der Waals surface area contributed by atoms with E-state index >= 15 is 0 Å². The van der Waals surface area contributed by atoms with Crippen LogP contribution in [0.2, 0.25) is 0 Å². The number of fused-ring (bicyclic) bond motifs is 1. The van der Waals surface area contributed by atoms with Crippen LogP contribution in [0.3, 0.4) is 0 Å². The zero-order chi connectivity index (χ0) is 29.5. The minimum atomic E-state index is -4.83. The molecule has 1 aromatic heterocycles. The number of carbonyl (C=O) groups is 2. The molecule has 1 aliphatic rings. The van der Waals surface area contributed by atoms with Crippen LogP contribution in [0.4, 0.5) is 29.3 Å². The fraction of sp³-hybridized carbons (Fsp3) is 0.522. The lowest BCUT2D eigenvalue weighted by molar-refractivity contribution is -0.242. The summed E-state index contributed by atoms with van der Waals surface area (Å²) in [6.45, 7) is 4.03. The van der Waals surface area contributed by atoms with Crippen molar-refractivity contribution in [3.8, 4) is 11.6 Å². The van der Waals surface area contributed by atoms with E-state index in [0.717, 1.165) is 4.31 Å². The van der Waals surface area contributed by atoms with Gasteiger partial charge in [-0.2, -0.15) is 13.2 Å². The fourth-order valence-electron chi connectivity index (χ4n) is 3.77. The number of aromatic nitrogens is 2. The molecular weight excluding hydrogens is 549 g/mol. The third-order valence-corrected chi connectivity index (χ3v) is 8.11. The van der Waals surface area contributed by atoms with E-state index in [4.69, 9.17) is 9.47 Å². The fourth-order valence-corrected chi connectivity index (χ4v) is 5.60. The molecule has 216 valence electrons. The van der Waals surface area contributed by atoms with Gasteiger partial charge in [-0.1, -0.05) is 6.92 Å². The van der Waals surface area contributed by atoms with Gasteiger partial charge in [0, 0.05) is 12.7 Å². The zero-order valence-corrected chi connectivity index (χ0v) is 22.8. The van der Waals surface area contributed by atoms with Crippen molar-refractivity contribution in [3.05, 3.63) is 23.9 Å². The maximum Gasteiger partial charge on any atom is 0.427 e. The van der Waals surface area contributed by atoms with Gasteiger partial charge in [0.25, 0.3) is 15.9 Å². The second-order valence-electron chi connectivity index (χ2n) is 9.50. The second-order valence-corrected chi connectivity index (χ2v) is 11.3. The van der Waals surface area contributed by atoms with Gasteiger partial charge in [-0.15, -0.1) is 5.10 Å². The van der Waals surface area contributed by atoms with Crippen molar-refractivity contribution in [2.24, 2.45) is 13.0 Å². The van der Waals surface area contributed by atoms with Crippen molar-refractivity contribution >= 4 is 33.5 Å². The lowest BCUT2D eigenvalue weighted by Crippen LogP contribution is -2.45. The number of hydrogen-bond donors (Lipinski definition) is 2. The highest BCUT2D eigenvalue weighted by atomic mass is 32.2. The molecule has 39 heavy (non-hydrogen) atoms. The van der Waals surface area contributed by atoms with Gasteiger partial charge < -0.3 is 19.3 Å². The first-order valence-corrected chi connectivity index (χ1v) is 13.0. The molecule has 0 aliphatic carbocycles. The molecule has 0 spiro atoms. The first kappa shape index (κ1) is 29.9. The monoisotopic (exact) mass is 578 g/mol. The smallest absolute Gasteiger partial charge is 0.427 e. The summed E-state index contributed by atoms with van der Waals surface area (Å²) in [5.41, 5.74) is -2.66. The van der Waals surface area contributed by atoms with Crippen molar-refractivity contribution in [1.29, 1.82) is 0 Å². The van der Waals surface area contributed by atoms with Crippen molar-refractivity contribution in [2.45, 2.75) is 56.9 Å². The van der Waals surface area contributed by atoms with E-state index in [2.05, 4.69) is 15.2 Å². The zero-order valence-electron chi connectivity index (χ0n) is 22.0. The topological polar surface area (TPSA) is 149 Å². The Kier molecular flexibility index (Phi) is 8.01. The number of carboxylic acid groups (broad SMARTS) is 1. The highest BCUT2D eigenvalue weighted by Crippen LogP contribution is 2.42. The van der Waals surface area contributed by atoms with Crippen LogP contribution >= 0.6 is 0 Å². The van der Waals surface area contributed by atoms with Crippen LogP contribution in [0.1, 0.15) is 32.9 Å². The lowest BCUT2D eigenvalue weighted by atomic mass is 10.0. The molecule has 0 unspecified atom stereocenters. The molecule has 2 N–H and O–H groups in total. The van der Waals surface area contributed by atoms with Crippen LogP contribution in [0.5, 0.6) is 11.6 Å². The van der Waals surface area contributed by atoms with E-state index in [1.165, 1.54) is 50.9 Å². The highest BCUT2D eigenvalue weighted by molar-refractivity contribution is 7.93. The van der Waals surface area contributed by atoms with E-state index in [-0.39, 0.29) is 46.6 Å². The van der Waals surface area contributed by atoms with Crippen LogP contribution in [0.15, 0.2) is 23.1 Å². The van der Waals surface area contributed by atoms with Crippen LogP contribution in [-0.4, -0.2) is 66.9 Å². The third kappa shape index (κ3) is 5.99. The Balaban J connectivity index is 2.04. The summed E-state index contributed by atoms with van der Waals surface area (Å²) in [6, 6.07) is 3.79. The average molecular weight is 579 g/mol. The van der Waals surface area contributed by atoms with Crippen LogP contribution in [-0.2, 0) is 26.6 Å². The number of hydrogen-bond acceptors (Lipinski definition) is 8. The number of rotatable bonds is 8. The van der Waals surface area contributed by atoms with Gasteiger partial charge in [-0.05, 0) is 45.4 Å². The number of nitrogens with zero attached hydrogens (tertiary/aromatic N) is 3. The quantitative estimate of drug-likeness (QED) is 0.478. The van der Waals surface area contributed by atoms with E-state index in [9.17, 15) is 36.3 Å². The number of ether oxygens (including phenoxy) is 3. The minimum absolute atomic E-state index is 0.0250. The number of carboxylic acids is 1. The Hall–Kier alpha value is -3.69. The summed E-state index contributed by atoms with van der Waals surface area (Å²) in [5, 5.41) is 15.6. The normalized spacial score (nSPS) is 16.6. The summed E-state index contributed by atoms with van der Waals surface area (Å²) in [6.07, 6.45) is -7.14. The standard InChI is InChI=1S/C23H29F3N4O8S/c1-12(20(31)32)9-15-11-30(39(34,35)18-13(2)29(5)28-19(18)36-6)16-10-14(7-8-17(16)37-15)27-21(33)38-22(3,4)23(24,25)26/h7-8,10,12,15H,9,11H2,1-6H3,(H,27,33)(H,31,32)/t12-,15+/m1/s1. The highest BCUT2D eigenvalue weighted by Gasteiger charge is 2.51. The Morgan fingerprint density at radius 3 is 2.51 bits per heavy atom. The summed E-state index contributed by atoms with van der Waals surface area (Å²) < 4.78 is 85.1. The first-order chi connectivity index (χ1) is 17.9. The Morgan fingerprint density at radius 2 is 1.95 bits per heavy atom. The molecule has 3 rings (SSSR count). The average Bonchev–Trinajstić information content (AvgIpc) is 3.11. The van der Waals surface area contributed by atoms with Crippen molar-refractivity contribution in [2.75, 3.05) is 23.3 Å². The molecule has 0 bridgehead atoms. The molecule has 1 aliphatic heterocycles. The molecule has 0 saturated heterocycles. The molecule has 1 amide bonds. The predicted molar refractivity (Wildman–Crippen MR) is 132 cm³/mol. The van der Waals surface area contributed by atoms with E-state index in [0.29, 0.717) is 13.8 Å². The number of aryl methyl sites for hydroxylation is 1. The summed E-state index contributed by atoms with van der Waals surface area (Å²) in [4.78, 5) is 23.4. The maximum absolute atomic E-state index is 13.9. The molecule has 0 fully saturated rings. The van der Waals surface area contributed by atoms with Gasteiger partial charge in [0.1, 0.15) is 11.9 Å². The number of benzene rings is 1. The predicted octanol–water partition coefficient (Wildman–Crippen LogP) is 3.69. The van der Waals surface area contributed by atoms with Crippen LogP contribution in [0, 0.1) is 12.8 Å². The number of amides is 1. The van der Waals surface area contributed by atoms with Gasteiger partial charge in [0.15, 0.2) is 4.90 Å². The molecule has 0 saturated carbocycles. The molecule has 12 nitrogen and oxygen atoms in total. The largest absolute Gasteiger partial charge is 0.486 e. The number of carbonyl (C=O) groups excluding carboxylic acids is 1. The number of aliphatic carboxylic acids is 1. The molecule has 1 aromatic carbocycles. The summed E-state index contributed by atoms with van der Waals surface area (Å²) >= 11 is 0. The van der Waals surface area contributed by atoms with Crippen molar-refractivity contribution < 1.29 is 50.5 Å². The Bertz CT molecular complexity index is 1370. The molecule has 2 heterocycles. The third-order valence-electron chi connectivity index (χ3n) is 6.20. The first-order valence-electron chi connectivity index (χ1n) is 11.6. The molecular formula is C23H29F3N4O8S. The van der Waals surface area contributed by atoms with Crippen LogP contribution in [0.25, 0.3) is 0 Å². The lowest BCUT2D eigenvalue weighted by Gasteiger charge is -2.36. The van der Waals surface area contributed by atoms with Crippen LogP contribution < -0.4 is 19.1 Å². The van der Waals surface area contributed by atoms with Gasteiger partial charge in [-0.3, -0.25) is 19.1 Å². The summed E-state index contributed by atoms with van der Waals surface area (Å²) in [7, 11) is -1.63. The van der Waals surface area contributed by atoms with E-state index < -0.39 is 45.9 Å². The second kappa shape index (κ2) is 10.5. The number of sulfonamides is 1.